The van der Waals surface area contributed by atoms with Crippen LogP contribution in [0.25, 0.3) is 0 Å². The van der Waals surface area contributed by atoms with Crippen molar-refractivity contribution in [2.45, 2.75) is 50.4 Å². The highest BCUT2D eigenvalue weighted by atomic mass is 19.4. The van der Waals surface area contributed by atoms with Crippen molar-refractivity contribution >= 4 is 17.5 Å². The van der Waals surface area contributed by atoms with E-state index in [2.05, 4.69) is 5.32 Å². The van der Waals surface area contributed by atoms with E-state index in [1.807, 2.05) is 0 Å². The summed E-state index contributed by atoms with van der Waals surface area (Å²) in [4.78, 5) is 25.7. The van der Waals surface area contributed by atoms with E-state index < -0.39 is 17.8 Å². The van der Waals surface area contributed by atoms with Crippen LogP contribution in [0.5, 0.6) is 0 Å². The van der Waals surface area contributed by atoms with Gasteiger partial charge in [-0.05, 0) is 37.0 Å². The smallest absolute Gasteiger partial charge is 0.351 e. The van der Waals surface area contributed by atoms with Crippen molar-refractivity contribution in [3.8, 4) is 0 Å². The average molecular weight is 369 g/mol. The molecule has 2 aliphatic rings. The predicted octanol–water partition coefficient (Wildman–Crippen LogP) is 2.44. The number of amides is 2. The minimum atomic E-state index is -4.47. The standard InChI is InChI=1S/C18H22F3N3O2/c19-18(20,21)12-4-2-5-14(8-12)24-10-13(9-17(24)26)23-16(25)7-11-3-1-6-15(11)22/h2,4-5,8,11,13,15H,1,3,6-7,9-10,22H2,(H,23,25)/t11-,13?,15+/m0/s1. The third-order valence-electron chi connectivity index (χ3n) is 5.14. The lowest BCUT2D eigenvalue weighted by Gasteiger charge is -2.19. The van der Waals surface area contributed by atoms with Gasteiger partial charge in [0.1, 0.15) is 0 Å². The fraction of sp³-hybridized carbons (Fsp3) is 0.556. The Kier molecular flexibility index (Phi) is 5.22. The van der Waals surface area contributed by atoms with E-state index in [-0.39, 0.29) is 42.4 Å². The molecule has 0 spiro atoms. The molecule has 26 heavy (non-hydrogen) atoms. The monoisotopic (exact) mass is 369 g/mol. The molecule has 1 aliphatic carbocycles. The zero-order valence-corrected chi connectivity index (χ0v) is 14.3. The van der Waals surface area contributed by atoms with Gasteiger partial charge >= 0.3 is 6.18 Å². The number of carbonyl (C=O) groups is 2. The van der Waals surface area contributed by atoms with Crippen molar-refractivity contribution in [3.05, 3.63) is 29.8 Å². The van der Waals surface area contributed by atoms with Crippen LogP contribution in [0.15, 0.2) is 24.3 Å². The van der Waals surface area contributed by atoms with Crippen LogP contribution in [0, 0.1) is 5.92 Å². The lowest BCUT2D eigenvalue weighted by Crippen LogP contribution is -2.39. The molecule has 0 radical (unpaired) electrons. The molecule has 1 heterocycles. The summed E-state index contributed by atoms with van der Waals surface area (Å²) < 4.78 is 38.6. The van der Waals surface area contributed by atoms with Gasteiger partial charge in [-0.3, -0.25) is 9.59 Å². The molecule has 8 heteroatoms. The third kappa shape index (κ3) is 4.17. The van der Waals surface area contributed by atoms with Crippen molar-refractivity contribution in [3.63, 3.8) is 0 Å². The Morgan fingerprint density at radius 3 is 2.73 bits per heavy atom. The van der Waals surface area contributed by atoms with E-state index in [1.54, 1.807) is 0 Å². The zero-order chi connectivity index (χ0) is 18.9. The lowest BCUT2D eigenvalue weighted by atomic mass is 9.99. The van der Waals surface area contributed by atoms with Crippen molar-refractivity contribution in [1.82, 2.24) is 5.32 Å². The van der Waals surface area contributed by atoms with Gasteiger partial charge in [0.05, 0.1) is 11.6 Å². The molecule has 3 atom stereocenters. The summed E-state index contributed by atoms with van der Waals surface area (Å²) in [7, 11) is 0. The fourth-order valence-electron chi connectivity index (χ4n) is 3.75. The van der Waals surface area contributed by atoms with Crippen LogP contribution in [-0.4, -0.2) is 30.4 Å². The first-order valence-electron chi connectivity index (χ1n) is 8.76. The Hall–Kier alpha value is -2.09. The molecule has 1 aromatic carbocycles. The Morgan fingerprint density at radius 1 is 1.31 bits per heavy atom. The van der Waals surface area contributed by atoms with Gasteiger partial charge in [-0.2, -0.15) is 13.2 Å². The van der Waals surface area contributed by atoms with Gasteiger partial charge in [0, 0.05) is 31.1 Å². The van der Waals surface area contributed by atoms with Crippen molar-refractivity contribution in [2.24, 2.45) is 11.7 Å². The van der Waals surface area contributed by atoms with Crippen LogP contribution in [-0.2, 0) is 15.8 Å². The van der Waals surface area contributed by atoms with Crippen LogP contribution < -0.4 is 16.0 Å². The zero-order valence-electron chi connectivity index (χ0n) is 14.3. The van der Waals surface area contributed by atoms with Crippen molar-refractivity contribution in [2.75, 3.05) is 11.4 Å². The highest BCUT2D eigenvalue weighted by molar-refractivity contribution is 5.97. The Morgan fingerprint density at radius 2 is 2.08 bits per heavy atom. The maximum Gasteiger partial charge on any atom is 0.416 e. The van der Waals surface area contributed by atoms with Gasteiger partial charge in [0.2, 0.25) is 11.8 Å². The average Bonchev–Trinajstić information content (AvgIpc) is 3.12. The van der Waals surface area contributed by atoms with Gasteiger partial charge in [-0.25, -0.2) is 0 Å². The van der Waals surface area contributed by atoms with E-state index >= 15 is 0 Å². The minimum absolute atomic E-state index is 0.0348. The number of hydrogen-bond donors (Lipinski definition) is 2. The molecular formula is C18H22F3N3O2. The van der Waals surface area contributed by atoms with Crippen LogP contribution in [0.2, 0.25) is 0 Å². The molecule has 1 unspecified atom stereocenters. The molecule has 5 nitrogen and oxygen atoms in total. The molecule has 1 saturated heterocycles. The van der Waals surface area contributed by atoms with E-state index in [9.17, 15) is 22.8 Å². The number of anilines is 1. The topological polar surface area (TPSA) is 75.4 Å². The first-order valence-corrected chi connectivity index (χ1v) is 8.76. The molecule has 2 fully saturated rings. The second kappa shape index (κ2) is 7.26. The lowest BCUT2D eigenvalue weighted by molar-refractivity contribution is -0.137. The second-order valence-electron chi connectivity index (χ2n) is 7.08. The first kappa shape index (κ1) is 18.7. The highest BCUT2D eigenvalue weighted by Crippen LogP contribution is 2.33. The maximum atomic E-state index is 12.9. The normalized spacial score (nSPS) is 26.4. The molecule has 142 valence electrons. The summed E-state index contributed by atoms with van der Waals surface area (Å²) in [5.74, 6) is -0.296. The summed E-state index contributed by atoms with van der Waals surface area (Å²) in [6.45, 7) is 0.169. The number of hydrogen-bond acceptors (Lipinski definition) is 3. The molecule has 3 N–H and O–H groups in total. The Balaban J connectivity index is 1.61. The molecule has 1 aliphatic heterocycles. The maximum absolute atomic E-state index is 12.9. The van der Waals surface area contributed by atoms with E-state index in [4.69, 9.17) is 5.73 Å². The van der Waals surface area contributed by atoms with Crippen LogP contribution in [0.4, 0.5) is 18.9 Å². The molecule has 1 aromatic rings. The number of rotatable bonds is 4. The number of nitrogens with two attached hydrogens (primary N) is 1. The summed E-state index contributed by atoms with van der Waals surface area (Å²) in [6, 6.07) is 4.30. The summed E-state index contributed by atoms with van der Waals surface area (Å²) in [5.41, 5.74) is 5.36. The van der Waals surface area contributed by atoms with Crippen molar-refractivity contribution in [1.29, 1.82) is 0 Å². The number of benzene rings is 1. The number of halogens is 3. The fourth-order valence-corrected chi connectivity index (χ4v) is 3.75. The van der Waals surface area contributed by atoms with Gasteiger partial charge in [-0.15, -0.1) is 0 Å². The quantitative estimate of drug-likeness (QED) is 0.856. The molecule has 0 aromatic heterocycles. The SMILES string of the molecule is N[C@@H]1CCC[C@H]1CC(=O)NC1CC(=O)N(c2cccc(C(F)(F)F)c2)C1. The Bertz CT molecular complexity index is 693. The number of alkyl halides is 3. The first-order chi connectivity index (χ1) is 12.2. The molecule has 3 rings (SSSR count). The van der Waals surface area contributed by atoms with Gasteiger partial charge < -0.3 is 16.0 Å². The van der Waals surface area contributed by atoms with Gasteiger partial charge in [-0.1, -0.05) is 12.5 Å². The van der Waals surface area contributed by atoms with E-state index in [0.717, 1.165) is 31.4 Å². The summed E-state index contributed by atoms with van der Waals surface area (Å²) in [5, 5.41) is 2.82. The van der Waals surface area contributed by atoms with Crippen LogP contribution in [0.1, 0.15) is 37.7 Å². The van der Waals surface area contributed by atoms with E-state index in [1.165, 1.54) is 17.0 Å². The Labute approximate surface area is 149 Å². The molecule has 0 bridgehead atoms. The van der Waals surface area contributed by atoms with Crippen LogP contribution in [0.3, 0.4) is 0 Å². The largest absolute Gasteiger partial charge is 0.416 e. The second-order valence-corrected chi connectivity index (χ2v) is 7.08. The highest BCUT2D eigenvalue weighted by Gasteiger charge is 2.35. The van der Waals surface area contributed by atoms with Crippen LogP contribution >= 0.6 is 0 Å². The number of nitrogens with zero attached hydrogens (tertiary/aromatic N) is 1. The molecular weight excluding hydrogens is 347 g/mol. The van der Waals surface area contributed by atoms with Gasteiger partial charge in [0.15, 0.2) is 0 Å². The van der Waals surface area contributed by atoms with Crippen molar-refractivity contribution < 1.29 is 22.8 Å². The molecule has 1 saturated carbocycles. The van der Waals surface area contributed by atoms with E-state index in [0.29, 0.717) is 6.42 Å². The van der Waals surface area contributed by atoms with Gasteiger partial charge in [0.25, 0.3) is 0 Å². The summed E-state index contributed by atoms with van der Waals surface area (Å²) >= 11 is 0. The number of carbonyl (C=O) groups excluding carboxylic acids is 2. The predicted molar refractivity (Wildman–Crippen MR) is 90.3 cm³/mol. The number of nitrogens with one attached hydrogen (secondary N) is 1. The summed E-state index contributed by atoms with van der Waals surface area (Å²) in [6.07, 6.45) is -1.19. The molecule has 2 amide bonds. The third-order valence-corrected chi connectivity index (χ3v) is 5.14. The minimum Gasteiger partial charge on any atom is -0.351 e.